The average molecular weight is 367 g/mol. The topological polar surface area (TPSA) is 47.1 Å². The molecule has 4 nitrogen and oxygen atoms in total. The van der Waals surface area contributed by atoms with Gasteiger partial charge in [0, 0.05) is 25.7 Å². The van der Waals surface area contributed by atoms with Gasteiger partial charge in [0.05, 0.1) is 27.4 Å². The first kappa shape index (κ1) is 16.0. The molecule has 2 rings (SSSR count). The highest BCUT2D eigenvalue weighted by atomic mass is 79.9. The van der Waals surface area contributed by atoms with Gasteiger partial charge in [0.25, 0.3) is 0 Å². The molecule has 0 aliphatic carbocycles. The summed E-state index contributed by atoms with van der Waals surface area (Å²) in [6.07, 6.45) is 0.693. The van der Waals surface area contributed by atoms with Crippen LogP contribution in [0.4, 0.5) is 5.69 Å². The number of nitrogens with two attached hydrogens (primary N) is 1. The van der Waals surface area contributed by atoms with Crippen molar-refractivity contribution < 1.29 is 0 Å². The molecule has 0 aliphatic rings. The minimum absolute atomic E-state index is 0.538. The molecule has 0 unspecified atom stereocenters. The van der Waals surface area contributed by atoms with Gasteiger partial charge in [-0.3, -0.25) is 4.68 Å². The molecule has 112 valence electrons. The van der Waals surface area contributed by atoms with E-state index in [1.54, 1.807) is 0 Å². The van der Waals surface area contributed by atoms with Crippen LogP contribution >= 0.6 is 28.1 Å². The van der Waals surface area contributed by atoms with Gasteiger partial charge < -0.3 is 10.6 Å². The molecular weight excluding hydrogens is 348 g/mol. The summed E-state index contributed by atoms with van der Waals surface area (Å²) in [5.74, 6) is 0. The van der Waals surface area contributed by atoms with Gasteiger partial charge in [-0.1, -0.05) is 30.4 Å². The predicted octanol–water partition coefficient (Wildman–Crippen LogP) is 3.17. The van der Waals surface area contributed by atoms with Gasteiger partial charge in [-0.05, 0) is 35.0 Å². The van der Waals surface area contributed by atoms with Crippen molar-refractivity contribution in [1.29, 1.82) is 0 Å². The van der Waals surface area contributed by atoms with Crippen molar-refractivity contribution in [2.75, 3.05) is 11.4 Å². The number of para-hydroxylation sites is 1. The first-order valence-corrected chi connectivity index (χ1v) is 7.95. The third kappa shape index (κ3) is 4.04. The quantitative estimate of drug-likeness (QED) is 0.797. The molecule has 1 aromatic heterocycles. The lowest BCUT2D eigenvalue weighted by molar-refractivity contribution is 0.676. The van der Waals surface area contributed by atoms with Crippen LogP contribution in [-0.4, -0.2) is 21.3 Å². The normalized spacial score (nSPS) is 10.6. The fourth-order valence-corrected chi connectivity index (χ4v) is 2.77. The summed E-state index contributed by atoms with van der Waals surface area (Å²) in [5.41, 5.74) is 8.94. The highest BCUT2D eigenvalue weighted by Crippen LogP contribution is 2.24. The summed E-state index contributed by atoms with van der Waals surface area (Å²) >= 11 is 8.63. The number of halogens is 1. The van der Waals surface area contributed by atoms with E-state index in [1.165, 1.54) is 0 Å². The Balaban J connectivity index is 2.25. The number of aromatic nitrogens is 2. The lowest BCUT2D eigenvalue weighted by atomic mass is 10.2. The van der Waals surface area contributed by atoms with Crippen LogP contribution in [0.2, 0.25) is 0 Å². The molecule has 0 radical (unpaired) electrons. The fourth-order valence-electron chi connectivity index (χ4n) is 2.22. The third-order valence-electron chi connectivity index (χ3n) is 3.35. The van der Waals surface area contributed by atoms with E-state index in [9.17, 15) is 0 Å². The highest BCUT2D eigenvalue weighted by Gasteiger charge is 2.15. The second kappa shape index (κ2) is 7.04. The Hall–Kier alpha value is -1.40. The van der Waals surface area contributed by atoms with Crippen LogP contribution in [-0.2, 0) is 13.6 Å². The number of hydrogen-bond acceptors (Lipinski definition) is 3. The van der Waals surface area contributed by atoms with Crippen LogP contribution in [0, 0.1) is 6.92 Å². The Morgan fingerprint density at radius 2 is 2.05 bits per heavy atom. The molecular formula is C15H19BrN4S. The van der Waals surface area contributed by atoms with Crippen molar-refractivity contribution in [1.82, 2.24) is 9.78 Å². The van der Waals surface area contributed by atoms with E-state index < -0.39 is 0 Å². The Morgan fingerprint density at radius 3 is 2.57 bits per heavy atom. The monoisotopic (exact) mass is 366 g/mol. The van der Waals surface area contributed by atoms with E-state index in [0.717, 1.165) is 34.6 Å². The van der Waals surface area contributed by atoms with E-state index >= 15 is 0 Å². The lowest BCUT2D eigenvalue weighted by Gasteiger charge is -2.25. The van der Waals surface area contributed by atoms with E-state index in [0.29, 0.717) is 11.4 Å². The van der Waals surface area contributed by atoms with E-state index in [2.05, 4.69) is 38.1 Å². The van der Waals surface area contributed by atoms with Crippen LogP contribution in [0.15, 0.2) is 34.8 Å². The van der Waals surface area contributed by atoms with Crippen LogP contribution in [0.25, 0.3) is 0 Å². The summed E-state index contributed by atoms with van der Waals surface area (Å²) in [7, 11) is 1.96. The SMILES string of the molecule is Cc1nn(C)c(CN(CCC(N)=S)c2ccccc2)c1Br. The Kier molecular flexibility index (Phi) is 5.36. The van der Waals surface area contributed by atoms with Gasteiger partial charge in [0.1, 0.15) is 0 Å². The van der Waals surface area contributed by atoms with Crippen molar-refractivity contribution in [3.63, 3.8) is 0 Å². The molecule has 21 heavy (non-hydrogen) atoms. The number of nitrogens with zero attached hydrogens (tertiary/aromatic N) is 3. The average Bonchev–Trinajstić information content (AvgIpc) is 2.70. The van der Waals surface area contributed by atoms with E-state index in [-0.39, 0.29) is 0 Å². The maximum Gasteiger partial charge on any atom is 0.0745 e. The van der Waals surface area contributed by atoms with Gasteiger partial charge >= 0.3 is 0 Å². The summed E-state index contributed by atoms with van der Waals surface area (Å²) in [5, 5.41) is 4.45. The smallest absolute Gasteiger partial charge is 0.0745 e. The summed E-state index contributed by atoms with van der Waals surface area (Å²) in [6.45, 7) is 3.54. The van der Waals surface area contributed by atoms with Gasteiger partial charge in [-0.15, -0.1) is 0 Å². The molecule has 0 fully saturated rings. The molecule has 1 heterocycles. The first-order valence-electron chi connectivity index (χ1n) is 6.75. The van der Waals surface area contributed by atoms with Crippen LogP contribution in [0.3, 0.4) is 0 Å². The standard InChI is InChI=1S/C15H19BrN4S/c1-11-15(16)13(19(2)18-11)10-20(9-8-14(17)21)12-6-4-3-5-7-12/h3-7H,8-10H2,1-2H3,(H2,17,21). The number of rotatable bonds is 6. The largest absolute Gasteiger partial charge is 0.393 e. The molecule has 0 spiro atoms. The molecule has 2 N–H and O–H groups in total. The number of anilines is 1. The molecule has 0 saturated carbocycles. The minimum atomic E-state index is 0.538. The number of benzene rings is 1. The predicted molar refractivity (Wildman–Crippen MR) is 94.5 cm³/mol. The van der Waals surface area contributed by atoms with Crippen molar-refractivity contribution >= 4 is 38.8 Å². The zero-order valence-corrected chi connectivity index (χ0v) is 14.6. The molecule has 0 saturated heterocycles. The second-order valence-corrected chi connectivity index (χ2v) is 6.26. The van der Waals surface area contributed by atoms with Crippen LogP contribution in [0.1, 0.15) is 17.8 Å². The summed E-state index contributed by atoms with van der Waals surface area (Å²) in [4.78, 5) is 2.80. The molecule has 2 aromatic rings. The molecule has 1 aromatic carbocycles. The minimum Gasteiger partial charge on any atom is -0.393 e. The first-order chi connectivity index (χ1) is 9.99. The third-order valence-corrected chi connectivity index (χ3v) is 4.59. The van der Waals surface area contributed by atoms with Gasteiger partial charge in [0.15, 0.2) is 0 Å². The number of thiocarbonyl (C=S) groups is 1. The number of hydrogen-bond donors (Lipinski definition) is 1. The number of aryl methyl sites for hydroxylation is 2. The Labute approximate surface area is 139 Å². The van der Waals surface area contributed by atoms with Crippen LogP contribution < -0.4 is 10.6 Å². The molecule has 0 amide bonds. The molecule has 6 heteroatoms. The second-order valence-electron chi connectivity index (χ2n) is 4.94. The van der Waals surface area contributed by atoms with Crippen LogP contribution in [0.5, 0.6) is 0 Å². The molecule has 0 bridgehead atoms. The van der Waals surface area contributed by atoms with Crippen molar-refractivity contribution in [2.24, 2.45) is 12.8 Å². The molecule has 0 atom stereocenters. The highest BCUT2D eigenvalue weighted by molar-refractivity contribution is 9.10. The van der Waals surface area contributed by atoms with Crippen molar-refractivity contribution in [2.45, 2.75) is 19.9 Å². The Bertz CT molecular complexity index is 624. The molecule has 0 aliphatic heterocycles. The van der Waals surface area contributed by atoms with Gasteiger partial charge in [0.2, 0.25) is 0 Å². The van der Waals surface area contributed by atoms with Gasteiger partial charge in [-0.2, -0.15) is 5.10 Å². The van der Waals surface area contributed by atoms with Gasteiger partial charge in [-0.25, -0.2) is 0 Å². The van der Waals surface area contributed by atoms with E-state index in [1.807, 2.05) is 36.9 Å². The van der Waals surface area contributed by atoms with Crippen molar-refractivity contribution in [3.8, 4) is 0 Å². The maximum atomic E-state index is 5.65. The fraction of sp³-hybridized carbons (Fsp3) is 0.333. The maximum absolute atomic E-state index is 5.65. The van der Waals surface area contributed by atoms with Crippen molar-refractivity contribution in [3.05, 3.63) is 46.2 Å². The lowest BCUT2D eigenvalue weighted by Crippen LogP contribution is -2.28. The van der Waals surface area contributed by atoms with E-state index in [4.69, 9.17) is 18.0 Å². The summed E-state index contributed by atoms with van der Waals surface area (Å²) in [6, 6.07) is 10.3. The summed E-state index contributed by atoms with van der Waals surface area (Å²) < 4.78 is 2.97. The zero-order valence-electron chi connectivity index (χ0n) is 12.2. The zero-order chi connectivity index (χ0) is 15.4. The Morgan fingerprint density at radius 1 is 1.38 bits per heavy atom.